The van der Waals surface area contributed by atoms with Crippen molar-refractivity contribution in [2.24, 2.45) is 0 Å². The lowest BCUT2D eigenvalue weighted by molar-refractivity contribution is 0.668. The van der Waals surface area contributed by atoms with Gasteiger partial charge in [0.25, 0.3) is 0 Å². The lowest BCUT2D eigenvalue weighted by atomic mass is 9.95. The first kappa shape index (κ1) is 35.7. The SMILES string of the molecule is c1ccc(N(c2cc(-c3ccc4c(c3)Sc3cccc5cccc-4c35)cc(N(c3ccccc3)c3ccc4oc5ccccc5c4c3)c2)c2ccc3c(c2)oc2ccccc23)cc1. The normalized spacial score (nSPS) is 12.1. The number of benzene rings is 10. The van der Waals surface area contributed by atoms with Gasteiger partial charge in [-0.2, -0.15) is 0 Å². The fourth-order valence-electron chi connectivity index (χ4n) is 9.52. The van der Waals surface area contributed by atoms with Crippen molar-refractivity contribution in [2.75, 3.05) is 9.80 Å². The van der Waals surface area contributed by atoms with Crippen LogP contribution in [0.15, 0.2) is 237 Å². The predicted molar refractivity (Wildman–Crippen MR) is 263 cm³/mol. The third kappa shape index (κ3) is 5.93. The summed E-state index contributed by atoms with van der Waals surface area (Å²) < 4.78 is 12.8. The molecule has 1 aliphatic heterocycles. The van der Waals surface area contributed by atoms with Crippen LogP contribution in [0.25, 0.3) is 76.9 Å². The molecule has 0 saturated heterocycles. The molecule has 0 amide bonds. The molecule has 4 nitrogen and oxygen atoms in total. The second-order valence-electron chi connectivity index (χ2n) is 16.1. The fourth-order valence-corrected chi connectivity index (χ4v) is 10.7. The summed E-state index contributed by atoms with van der Waals surface area (Å²) in [4.78, 5) is 7.25. The summed E-state index contributed by atoms with van der Waals surface area (Å²) in [6.07, 6.45) is 0. The summed E-state index contributed by atoms with van der Waals surface area (Å²) in [6.45, 7) is 0. The maximum Gasteiger partial charge on any atom is 0.137 e. The molecule has 2 aromatic heterocycles. The minimum absolute atomic E-state index is 0.847. The van der Waals surface area contributed by atoms with Crippen LogP contribution in [-0.4, -0.2) is 0 Å². The quantitative estimate of drug-likeness (QED) is 0.160. The lowest BCUT2D eigenvalue weighted by Crippen LogP contribution is -2.13. The molecule has 13 rings (SSSR count). The predicted octanol–water partition coefficient (Wildman–Crippen LogP) is 17.4. The van der Waals surface area contributed by atoms with Gasteiger partial charge in [-0.25, -0.2) is 0 Å². The van der Waals surface area contributed by atoms with E-state index in [0.717, 1.165) is 89.1 Å². The van der Waals surface area contributed by atoms with Gasteiger partial charge in [0.05, 0.1) is 0 Å². The number of hydrogen-bond donors (Lipinski definition) is 0. The molecule has 296 valence electrons. The van der Waals surface area contributed by atoms with Crippen LogP contribution in [0.1, 0.15) is 0 Å². The maximum absolute atomic E-state index is 6.50. The van der Waals surface area contributed by atoms with E-state index in [1.165, 1.54) is 31.7 Å². The maximum atomic E-state index is 6.50. The zero-order valence-corrected chi connectivity index (χ0v) is 34.7. The van der Waals surface area contributed by atoms with Crippen LogP contribution in [0.2, 0.25) is 0 Å². The monoisotopic (exact) mass is 824 g/mol. The molecule has 0 spiro atoms. The number of nitrogens with zero attached hydrogens (tertiary/aromatic N) is 2. The minimum atomic E-state index is 0.847. The molecule has 1 aliphatic rings. The van der Waals surface area contributed by atoms with E-state index in [2.05, 4.69) is 204 Å². The van der Waals surface area contributed by atoms with Gasteiger partial charge < -0.3 is 18.6 Å². The molecule has 5 heteroatoms. The van der Waals surface area contributed by atoms with Crippen LogP contribution in [0.5, 0.6) is 0 Å². The van der Waals surface area contributed by atoms with Crippen LogP contribution < -0.4 is 9.80 Å². The van der Waals surface area contributed by atoms with Gasteiger partial charge in [0.1, 0.15) is 22.3 Å². The molecule has 0 saturated carbocycles. The molecule has 0 atom stereocenters. The van der Waals surface area contributed by atoms with Gasteiger partial charge in [0.15, 0.2) is 0 Å². The van der Waals surface area contributed by atoms with Crippen molar-refractivity contribution in [2.45, 2.75) is 9.79 Å². The second-order valence-corrected chi connectivity index (χ2v) is 17.2. The smallest absolute Gasteiger partial charge is 0.137 e. The van der Waals surface area contributed by atoms with Crippen molar-refractivity contribution in [1.82, 2.24) is 0 Å². The first-order valence-electron chi connectivity index (χ1n) is 21.2. The molecule has 0 radical (unpaired) electrons. The van der Waals surface area contributed by atoms with E-state index in [1.54, 1.807) is 0 Å². The molecular weight excluding hydrogens is 789 g/mol. The number of rotatable bonds is 7. The van der Waals surface area contributed by atoms with Crippen molar-refractivity contribution in [3.8, 4) is 22.3 Å². The van der Waals surface area contributed by atoms with Crippen LogP contribution in [0.3, 0.4) is 0 Å². The molecule has 0 aliphatic carbocycles. The van der Waals surface area contributed by atoms with E-state index < -0.39 is 0 Å². The highest BCUT2D eigenvalue weighted by molar-refractivity contribution is 7.99. The zero-order valence-electron chi connectivity index (χ0n) is 33.9. The van der Waals surface area contributed by atoms with Gasteiger partial charge in [-0.05, 0) is 125 Å². The number of hydrogen-bond acceptors (Lipinski definition) is 5. The standard InChI is InChI=1S/C58H36N2O2S/c1-3-15-40(16-4-1)59(42-27-30-54-51(35-42)47-20-8-10-23-53(47)61-54)44-31-39(38-25-28-49-50-21-11-13-37-14-12-24-56(58(37)50)63-57(49)33-38)32-45(34-44)60(41-17-5-2-6-18-41)43-26-29-48-46-19-7-9-22-52(46)62-55(48)36-43/h1-36H. The summed E-state index contributed by atoms with van der Waals surface area (Å²) >= 11 is 1.86. The van der Waals surface area contributed by atoms with Crippen LogP contribution in [-0.2, 0) is 0 Å². The van der Waals surface area contributed by atoms with Gasteiger partial charge in [-0.3, -0.25) is 0 Å². The number of para-hydroxylation sites is 4. The summed E-state index contributed by atoms with van der Waals surface area (Å²) in [5.41, 5.74) is 14.4. The summed E-state index contributed by atoms with van der Waals surface area (Å²) in [5.74, 6) is 0. The van der Waals surface area contributed by atoms with Gasteiger partial charge in [0, 0.05) is 76.9 Å². The Morgan fingerprint density at radius 1 is 0.302 bits per heavy atom. The Balaban J connectivity index is 1.05. The molecular formula is C58H36N2O2S. The average Bonchev–Trinajstić information content (AvgIpc) is 3.90. The van der Waals surface area contributed by atoms with Crippen LogP contribution >= 0.6 is 11.8 Å². The van der Waals surface area contributed by atoms with Gasteiger partial charge in [-0.1, -0.05) is 127 Å². The summed E-state index contributed by atoms with van der Waals surface area (Å²) in [7, 11) is 0. The number of fused-ring (bicyclic) bond motifs is 8. The third-order valence-corrected chi connectivity index (χ3v) is 13.5. The molecule has 10 aromatic carbocycles. The Hall–Kier alpha value is -7.99. The van der Waals surface area contributed by atoms with E-state index in [9.17, 15) is 0 Å². The van der Waals surface area contributed by atoms with Gasteiger partial charge in [0.2, 0.25) is 0 Å². The van der Waals surface area contributed by atoms with E-state index >= 15 is 0 Å². The Kier molecular flexibility index (Phi) is 8.11. The van der Waals surface area contributed by atoms with Gasteiger partial charge >= 0.3 is 0 Å². The zero-order chi connectivity index (χ0) is 41.4. The van der Waals surface area contributed by atoms with E-state index in [-0.39, 0.29) is 0 Å². The molecule has 12 aromatic rings. The molecule has 3 heterocycles. The number of furan rings is 2. The molecule has 63 heavy (non-hydrogen) atoms. The summed E-state index contributed by atoms with van der Waals surface area (Å²) in [5, 5.41) is 6.98. The van der Waals surface area contributed by atoms with Crippen molar-refractivity contribution >= 4 is 101 Å². The minimum Gasteiger partial charge on any atom is -0.456 e. The van der Waals surface area contributed by atoms with Crippen molar-refractivity contribution in [3.05, 3.63) is 218 Å². The van der Waals surface area contributed by atoms with E-state index in [1.807, 2.05) is 36.0 Å². The van der Waals surface area contributed by atoms with Crippen molar-refractivity contribution in [1.29, 1.82) is 0 Å². The first-order chi connectivity index (χ1) is 31.2. The van der Waals surface area contributed by atoms with Gasteiger partial charge in [-0.15, -0.1) is 0 Å². The Morgan fingerprint density at radius 3 is 1.62 bits per heavy atom. The fraction of sp³-hybridized carbons (Fsp3) is 0. The second kappa shape index (κ2) is 14.3. The van der Waals surface area contributed by atoms with Crippen LogP contribution in [0, 0.1) is 0 Å². The third-order valence-electron chi connectivity index (χ3n) is 12.4. The van der Waals surface area contributed by atoms with E-state index in [4.69, 9.17) is 8.83 Å². The highest BCUT2D eigenvalue weighted by atomic mass is 32.2. The lowest BCUT2D eigenvalue weighted by Gasteiger charge is -2.30. The molecule has 0 N–H and O–H groups in total. The highest BCUT2D eigenvalue weighted by Gasteiger charge is 2.24. The Labute approximate surface area is 367 Å². The Bertz CT molecular complexity index is 3740. The first-order valence-corrected chi connectivity index (χ1v) is 22.0. The number of anilines is 6. The van der Waals surface area contributed by atoms with Crippen molar-refractivity contribution < 1.29 is 8.83 Å². The molecule has 0 unspecified atom stereocenters. The molecule has 0 bridgehead atoms. The van der Waals surface area contributed by atoms with Crippen LogP contribution in [0.4, 0.5) is 34.1 Å². The Morgan fingerprint density at radius 2 is 0.889 bits per heavy atom. The molecule has 0 fully saturated rings. The highest BCUT2D eigenvalue weighted by Crippen LogP contribution is 2.50. The topological polar surface area (TPSA) is 32.8 Å². The summed E-state index contributed by atoms with van der Waals surface area (Å²) in [6, 6.07) is 78.2. The average molecular weight is 825 g/mol. The van der Waals surface area contributed by atoms with E-state index in [0.29, 0.717) is 0 Å². The van der Waals surface area contributed by atoms with Crippen molar-refractivity contribution in [3.63, 3.8) is 0 Å². The largest absolute Gasteiger partial charge is 0.456 e.